The molecule has 0 saturated heterocycles. The van der Waals surface area contributed by atoms with Crippen LogP contribution in [0.25, 0.3) is 22.8 Å². The van der Waals surface area contributed by atoms with Gasteiger partial charge in [0, 0.05) is 25.4 Å². The van der Waals surface area contributed by atoms with E-state index in [4.69, 9.17) is 0 Å². The fourth-order valence-corrected chi connectivity index (χ4v) is 2.32. The van der Waals surface area contributed by atoms with Gasteiger partial charge < -0.3 is 4.57 Å². The maximum absolute atomic E-state index is 12.3. The van der Waals surface area contributed by atoms with Gasteiger partial charge in [0.05, 0.1) is 5.69 Å². The lowest BCUT2D eigenvalue weighted by Crippen LogP contribution is -2.36. The number of aromatic nitrogens is 4. The Labute approximate surface area is 127 Å². The van der Waals surface area contributed by atoms with Crippen LogP contribution in [-0.4, -0.2) is 19.1 Å². The van der Waals surface area contributed by atoms with E-state index < -0.39 is 11.2 Å². The SMILES string of the molecule is CCn1cc(-c2ccc(C)cc2)nc2c(=O)n(C)c(=O)nc1-2. The molecule has 0 spiro atoms. The van der Waals surface area contributed by atoms with Gasteiger partial charge in [-0.15, -0.1) is 0 Å². The van der Waals surface area contributed by atoms with Crippen molar-refractivity contribution in [2.45, 2.75) is 20.4 Å². The van der Waals surface area contributed by atoms with Gasteiger partial charge in [-0.3, -0.25) is 9.36 Å². The molecule has 2 heterocycles. The summed E-state index contributed by atoms with van der Waals surface area (Å²) in [7, 11) is 1.41. The highest BCUT2D eigenvalue weighted by Crippen LogP contribution is 2.21. The molecule has 0 N–H and O–H groups in total. The second-order valence-electron chi connectivity index (χ2n) is 5.21. The number of aryl methyl sites for hydroxylation is 2. The monoisotopic (exact) mass is 296 g/mol. The first-order chi connectivity index (χ1) is 10.5. The first-order valence-corrected chi connectivity index (χ1v) is 7.06. The minimum absolute atomic E-state index is 0.210. The van der Waals surface area contributed by atoms with Crippen molar-refractivity contribution < 1.29 is 0 Å². The second-order valence-corrected chi connectivity index (χ2v) is 5.21. The van der Waals surface area contributed by atoms with Crippen LogP contribution in [0.3, 0.4) is 0 Å². The number of nitrogens with zero attached hydrogens (tertiary/aromatic N) is 4. The van der Waals surface area contributed by atoms with Crippen LogP contribution in [0.5, 0.6) is 0 Å². The summed E-state index contributed by atoms with van der Waals surface area (Å²) >= 11 is 0. The van der Waals surface area contributed by atoms with Gasteiger partial charge in [-0.25, -0.2) is 9.78 Å². The Morgan fingerprint density at radius 3 is 2.41 bits per heavy atom. The van der Waals surface area contributed by atoms with Crippen molar-refractivity contribution in [1.29, 1.82) is 0 Å². The molecule has 3 rings (SSSR count). The molecule has 0 saturated carbocycles. The molecule has 112 valence electrons. The van der Waals surface area contributed by atoms with Crippen molar-refractivity contribution in [2.75, 3.05) is 0 Å². The van der Waals surface area contributed by atoms with Gasteiger partial charge in [-0.05, 0) is 13.8 Å². The lowest BCUT2D eigenvalue weighted by molar-refractivity contribution is 0.698. The highest BCUT2D eigenvalue weighted by molar-refractivity contribution is 5.63. The molecule has 0 unspecified atom stereocenters. The van der Waals surface area contributed by atoms with Crippen LogP contribution >= 0.6 is 0 Å². The van der Waals surface area contributed by atoms with Crippen LogP contribution in [0, 0.1) is 6.92 Å². The summed E-state index contributed by atoms with van der Waals surface area (Å²) in [4.78, 5) is 32.4. The molecule has 6 heteroatoms. The standard InChI is InChI=1S/C16H16N4O2/c1-4-20-9-12(11-7-5-10(2)6-8-11)17-13-14(20)18-16(22)19(3)15(13)21/h5-9H,4H2,1-3H3. The first kappa shape index (κ1) is 14.2. The van der Waals surface area contributed by atoms with Crippen LogP contribution in [0.4, 0.5) is 0 Å². The largest absolute Gasteiger partial charge is 0.352 e. The van der Waals surface area contributed by atoms with Gasteiger partial charge in [-0.1, -0.05) is 29.8 Å². The predicted octanol–water partition coefficient (Wildman–Crippen LogP) is 1.44. The Hall–Kier alpha value is -2.76. The Kier molecular flexibility index (Phi) is 3.36. The summed E-state index contributed by atoms with van der Waals surface area (Å²) in [5.74, 6) is 0.325. The third-order valence-corrected chi connectivity index (χ3v) is 3.68. The molecule has 2 aliphatic rings. The van der Waals surface area contributed by atoms with Crippen molar-refractivity contribution in [1.82, 2.24) is 19.1 Å². The zero-order chi connectivity index (χ0) is 15.9. The zero-order valence-electron chi connectivity index (χ0n) is 12.7. The molecule has 0 amide bonds. The smallest absolute Gasteiger partial charge is 0.329 e. The minimum atomic E-state index is -0.565. The van der Waals surface area contributed by atoms with Crippen LogP contribution in [-0.2, 0) is 13.6 Å². The quantitative estimate of drug-likeness (QED) is 0.717. The fraction of sp³-hybridized carbons (Fsp3) is 0.250. The van der Waals surface area contributed by atoms with Crippen LogP contribution in [0.15, 0.2) is 40.1 Å². The molecule has 0 fully saturated rings. The third-order valence-electron chi connectivity index (χ3n) is 3.68. The minimum Gasteiger partial charge on any atom is -0.329 e. The van der Waals surface area contributed by atoms with E-state index in [9.17, 15) is 9.59 Å². The number of rotatable bonds is 2. The van der Waals surface area contributed by atoms with Crippen molar-refractivity contribution in [2.24, 2.45) is 7.05 Å². The highest BCUT2D eigenvalue weighted by Gasteiger charge is 2.18. The van der Waals surface area contributed by atoms with E-state index >= 15 is 0 Å². The number of hydrogen-bond donors (Lipinski definition) is 0. The molecule has 0 bridgehead atoms. The third kappa shape index (κ3) is 2.22. The van der Waals surface area contributed by atoms with Gasteiger partial charge >= 0.3 is 5.69 Å². The van der Waals surface area contributed by atoms with E-state index in [0.29, 0.717) is 18.1 Å². The van der Waals surface area contributed by atoms with Crippen LogP contribution in [0.2, 0.25) is 0 Å². The first-order valence-electron chi connectivity index (χ1n) is 7.06. The Bertz CT molecular complexity index is 922. The summed E-state index contributed by atoms with van der Waals surface area (Å²) in [5, 5.41) is 0. The van der Waals surface area contributed by atoms with Gasteiger partial charge in [0.25, 0.3) is 5.56 Å². The normalized spacial score (nSPS) is 11.0. The van der Waals surface area contributed by atoms with Crippen LogP contribution < -0.4 is 11.2 Å². The van der Waals surface area contributed by atoms with Gasteiger partial charge in [0.15, 0.2) is 11.5 Å². The fourth-order valence-electron chi connectivity index (χ4n) is 2.32. The summed E-state index contributed by atoms with van der Waals surface area (Å²) in [5.41, 5.74) is 1.98. The van der Waals surface area contributed by atoms with Gasteiger partial charge in [0.1, 0.15) is 0 Å². The van der Waals surface area contributed by atoms with Crippen molar-refractivity contribution in [3.05, 3.63) is 56.9 Å². The van der Waals surface area contributed by atoms with E-state index in [1.807, 2.05) is 44.3 Å². The lowest BCUT2D eigenvalue weighted by atomic mass is 10.1. The number of hydrogen-bond acceptors (Lipinski definition) is 4. The molecule has 6 nitrogen and oxygen atoms in total. The lowest BCUT2D eigenvalue weighted by Gasteiger charge is -2.14. The molecule has 1 aromatic rings. The van der Waals surface area contributed by atoms with Crippen molar-refractivity contribution in [3.8, 4) is 22.8 Å². The highest BCUT2D eigenvalue weighted by atomic mass is 16.2. The van der Waals surface area contributed by atoms with E-state index in [0.717, 1.165) is 15.7 Å². The molecule has 2 aliphatic heterocycles. The summed E-state index contributed by atoms with van der Waals surface area (Å²) in [6.45, 7) is 4.54. The van der Waals surface area contributed by atoms with Gasteiger partial charge in [0.2, 0.25) is 0 Å². The van der Waals surface area contributed by atoms with E-state index in [1.165, 1.54) is 7.05 Å². The molecular formula is C16H16N4O2. The molecular weight excluding hydrogens is 280 g/mol. The topological polar surface area (TPSA) is 69.8 Å². The molecule has 1 aromatic carbocycles. The van der Waals surface area contributed by atoms with E-state index in [2.05, 4.69) is 9.97 Å². The molecule has 0 radical (unpaired) electrons. The Morgan fingerprint density at radius 2 is 1.77 bits per heavy atom. The van der Waals surface area contributed by atoms with Gasteiger partial charge in [-0.2, -0.15) is 4.98 Å². The predicted molar refractivity (Wildman–Crippen MR) is 84.0 cm³/mol. The molecule has 0 aliphatic carbocycles. The number of benzene rings is 1. The molecule has 22 heavy (non-hydrogen) atoms. The zero-order valence-corrected chi connectivity index (χ0v) is 12.7. The van der Waals surface area contributed by atoms with E-state index in [-0.39, 0.29) is 5.69 Å². The number of fused-ring (bicyclic) bond motifs is 1. The summed E-state index contributed by atoms with van der Waals surface area (Å²) in [6.07, 6.45) is 1.82. The molecule has 0 atom stereocenters. The summed E-state index contributed by atoms with van der Waals surface area (Å²) in [6, 6.07) is 7.91. The molecule has 0 aromatic heterocycles. The maximum Gasteiger partial charge on any atom is 0.352 e. The Balaban J connectivity index is 2.35. The van der Waals surface area contributed by atoms with E-state index in [1.54, 1.807) is 4.57 Å². The second kappa shape index (κ2) is 5.22. The Morgan fingerprint density at radius 1 is 1.09 bits per heavy atom. The average molecular weight is 296 g/mol. The average Bonchev–Trinajstić information content (AvgIpc) is 2.53. The summed E-state index contributed by atoms with van der Waals surface area (Å²) < 4.78 is 2.76. The van der Waals surface area contributed by atoms with Crippen LogP contribution in [0.1, 0.15) is 12.5 Å². The van der Waals surface area contributed by atoms with Crippen molar-refractivity contribution >= 4 is 0 Å². The van der Waals surface area contributed by atoms with Crippen molar-refractivity contribution in [3.63, 3.8) is 0 Å². The maximum atomic E-state index is 12.3.